The molecule has 1 aromatic carbocycles. The van der Waals surface area contributed by atoms with Crippen LogP contribution in [0.25, 0.3) is 5.69 Å². The van der Waals surface area contributed by atoms with Crippen molar-refractivity contribution in [2.24, 2.45) is 0 Å². The number of ether oxygens (including phenoxy) is 1. The standard InChI is InChI=1S/C10H6F3N3O2/c11-10(12,13)7-3-8(16-14-1-2-15-16)5-9(4-7)18-6-17/h1-6H. The lowest BCUT2D eigenvalue weighted by atomic mass is 10.2. The Morgan fingerprint density at radius 3 is 2.39 bits per heavy atom. The Kier molecular flexibility index (Phi) is 3.00. The van der Waals surface area contributed by atoms with Crippen LogP contribution in [0.2, 0.25) is 0 Å². The van der Waals surface area contributed by atoms with E-state index in [0.717, 1.165) is 16.9 Å². The molecule has 0 spiro atoms. The van der Waals surface area contributed by atoms with Gasteiger partial charge in [-0.1, -0.05) is 0 Å². The highest BCUT2D eigenvalue weighted by Gasteiger charge is 2.31. The highest BCUT2D eigenvalue weighted by atomic mass is 19.4. The summed E-state index contributed by atoms with van der Waals surface area (Å²) in [4.78, 5) is 11.2. The van der Waals surface area contributed by atoms with Crippen LogP contribution in [-0.4, -0.2) is 21.5 Å². The average Bonchev–Trinajstić information content (AvgIpc) is 2.81. The van der Waals surface area contributed by atoms with Crippen molar-refractivity contribution in [1.29, 1.82) is 0 Å². The molecule has 1 heterocycles. The van der Waals surface area contributed by atoms with Gasteiger partial charge in [0.15, 0.2) is 0 Å². The Morgan fingerprint density at radius 2 is 1.83 bits per heavy atom. The Balaban J connectivity index is 2.53. The summed E-state index contributed by atoms with van der Waals surface area (Å²) < 4.78 is 42.3. The van der Waals surface area contributed by atoms with E-state index in [4.69, 9.17) is 0 Å². The van der Waals surface area contributed by atoms with E-state index in [0.29, 0.717) is 0 Å². The van der Waals surface area contributed by atoms with Gasteiger partial charge in [-0.15, -0.1) is 0 Å². The number of alkyl halides is 3. The van der Waals surface area contributed by atoms with Gasteiger partial charge in [0.1, 0.15) is 5.75 Å². The monoisotopic (exact) mass is 257 g/mol. The predicted molar refractivity (Wildman–Crippen MR) is 53.1 cm³/mol. The number of carbonyl (C=O) groups is 1. The second kappa shape index (κ2) is 4.47. The van der Waals surface area contributed by atoms with Crippen LogP contribution < -0.4 is 4.74 Å². The van der Waals surface area contributed by atoms with Crippen LogP contribution >= 0.6 is 0 Å². The van der Waals surface area contributed by atoms with Crippen LogP contribution in [0.1, 0.15) is 5.56 Å². The molecule has 0 fully saturated rings. The molecule has 94 valence electrons. The number of halogens is 3. The molecular formula is C10H6F3N3O2. The SMILES string of the molecule is O=COc1cc(-n2nccn2)cc(C(F)(F)F)c1. The van der Waals surface area contributed by atoms with Gasteiger partial charge in [-0.2, -0.15) is 28.2 Å². The lowest BCUT2D eigenvalue weighted by Crippen LogP contribution is -2.08. The molecule has 0 atom stereocenters. The van der Waals surface area contributed by atoms with Crippen molar-refractivity contribution in [3.8, 4) is 11.4 Å². The fourth-order valence-electron chi connectivity index (χ4n) is 1.34. The van der Waals surface area contributed by atoms with Gasteiger partial charge in [0, 0.05) is 6.07 Å². The summed E-state index contributed by atoms with van der Waals surface area (Å²) in [6, 6.07) is 2.81. The molecule has 0 aliphatic carbocycles. The quantitative estimate of drug-likeness (QED) is 0.787. The zero-order valence-corrected chi connectivity index (χ0v) is 8.76. The fourth-order valence-corrected chi connectivity index (χ4v) is 1.34. The van der Waals surface area contributed by atoms with Gasteiger partial charge in [-0.3, -0.25) is 4.79 Å². The van der Waals surface area contributed by atoms with Gasteiger partial charge in [0.2, 0.25) is 0 Å². The minimum Gasteiger partial charge on any atom is -0.429 e. The van der Waals surface area contributed by atoms with Crippen LogP contribution in [0.4, 0.5) is 13.2 Å². The van der Waals surface area contributed by atoms with Crippen molar-refractivity contribution in [3.05, 3.63) is 36.2 Å². The van der Waals surface area contributed by atoms with Crippen LogP contribution in [0.3, 0.4) is 0 Å². The lowest BCUT2D eigenvalue weighted by molar-refractivity contribution is -0.138. The molecule has 0 amide bonds. The van der Waals surface area contributed by atoms with Crippen molar-refractivity contribution in [2.75, 3.05) is 0 Å². The van der Waals surface area contributed by atoms with E-state index < -0.39 is 11.7 Å². The molecule has 0 aliphatic rings. The molecule has 18 heavy (non-hydrogen) atoms. The third-order valence-electron chi connectivity index (χ3n) is 2.05. The van der Waals surface area contributed by atoms with Gasteiger partial charge in [-0.05, 0) is 12.1 Å². The second-order valence-corrected chi connectivity index (χ2v) is 3.25. The summed E-state index contributed by atoms with van der Waals surface area (Å²) in [5.74, 6) is -0.230. The second-order valence-electron chi connectivity index (χ2n) is 3.25. The van der Waals surface area contributed by atoms with Crippen molar-refractivity contribution in [3.63, 3.8) is 0 Å². The Bertz CT molecular complexity index is 552. The van der Waals surface area contributed by atoms with E-state index in [2.05, 4.69) is 14.9 Å². The molecule has 8 heteroatoms. The van der Waals surface area contributed by atoms with Gasteiger partial charge < -0.3 is 4.74 Å². The smallest absolute Gasteiger partial charge is 0.416 e. The molecule has 0 radical (unpaired) electrons. The molecular weight excluding hydrogens is 251 g/mol. The molecule has 0 bridgehead atoms. The lowest BCUT2D eigenvalue weighted by Gasteiger charge is -2.10. The van der Waals surface area contributed by atoms with Crippen LogP contribution in [0.15, 0.2) is 30.6 Å². The first-order valence-corrected chi connectivity index (χ1v) is 4.70. The molecule has 1 aromatic heterocycles. The van der Waals surface area contributed by atoms with Gasteiger partial charge in [-0.25, -0.2) is 0 Å². The normalized spacial score (nSPS) is 11.3. The molecule has 0 N–H and O–H groups in total. The number of nitrogens with zero attached hydrogens (tertiary/aromatic N) is 3. The molecule has 0 saturated heterocycles. The number of benzene rings is 1. The van der Waals surface area contributed by atoms with Crippen molar-refractivity contribution in [1.82, 2.24) is 15.0 Å². The first-order chi connectivity index (χ1) is 8.50. The zero-order chi connectivity index (χ0) is 13.2. The molecule has 5 nitrogen and oxygen atoms in total. The number of rotatable bonds is 3. The van der Waals surface area contributed by atoms with E-state index in [-0.39, 0.29) is 17.9 Å². The first-order valence-electron chi connectivity index (χ1n) is 4.70. The predicted octanol–water partition coefficient (Wildman–Crippen LogP) is 1.82. The minimum atomic E-state index is -4.55. The van der Waals surface area contributed by atoms with E-state index in [1.54, 1.807) is 0 Å². The third-order valence-corrected chi connectivity index (χ3v) is 2.05. The van der Waals surface area contributed by atoms with Crippen molar-refractivity contribution >= 4 is 6.47 Å². The Labute approximate surface area is 98.8 Å². The number of carbonyl (C=O) groups excluding carboxylic acids is 1. The maximum Gasteiger partial charge on any atom is 0.416 e. The van der Waals surface area contributed by atoms with E-state index in [1.807, 2.05) is 0 Å². The van der Waals surface area contributed by atoms with E-state index in [1.165, 1.54) is 18.5 Å². The first kappa shape index (κ1) is 12.1. The average molecular weight is 257 g/mol. The summed E-state index contributed by atoms with van der Waals surface area (Å²) in [5.41, 5.74) is -0.902. The number of hydrogen-bond donors (Lipinski definition) is 0. The largest absolute Gasteiger partial charge is 0.429 e. The topological polar surface area (TPSA) is 57.0 Å². The van der Waals surface area contributed by atoms with Crippen LogP contribution in [-0.2, 0) is 11.0 Å². The summed E-state index contributed by atoms with van der Waals surface area (Å²) in [6.07, 6.45) is -1.91. The number of aromatic nitrogens is 3. The Morgan fingerprint density at radius 1 is 1.17 bits per heavy atom. The summed E-state index contributed by atoms with van der Waals surface area (Å²) in [5, 5.41) is 7.41. The zero-order valence-electron chi connectivity index (χ0n) is 8.76. The fraction of sp³-hybridized carbons (Fsp3) is 0.100. The third kappa shape index (κ3) is 2.47. The van der Waals surface area contributed by atoms with Gasteiger partial charge in [0.05, 0.1) is 23.6 Å². The summed E-state index contributed by atoms with van der Waals surface area (Å²) in [6.45, 7) is 0.0514. The van der Waals surface area contributed by atoms with Crippen LogP contribution in [0.5, 0.6) is 5.75 Å². The van der Waals surface area contributed by atoms with Gasteiger partial charge >= 0.3 is 6.18 Å². The summed E-state index contributed by atoms with van der Waals surface area (Å²) >= 11 is 0. The van der Waals surface area contributed by atoms with Gasteiger partial charge in [0.25, 0.3) is 6.47 Å². The van der Waals surface area contributed by atoms with E-state index in [9.17, 15) is 18.0 Å². The number of hydrogen-bond acceptors (Lipinski definition) is 4. The highest BCUT2D eigenvalue weighted by Crippen LogP contribution is 2.33. The molecule has 0 aliphatic heterocycles. The Hall–Kier alpha value is -2.38. The minimum absolute atomic E-state index is 0.0478. The highest BCUT2D eigenvalue weighted by molar-refractivity contribution is 5.50. The maximum atomic E-state index is 12.6. The summed E-state index contributed by atoms with van der Waals surface area (Å²) in [7, 11) is 0. The van der Waals surface area contributed by atoms with Crippen LogP contribution in [0, 0.1) is 0 Å². The molecule has 0 saturated carbocycles. The molecule has 0 unspecified atom stereocenters. The van der Waals surface area contributed by atoms with Crippen molar-refractivity contribution < 1.29 is 22.7 Å². The van der Waals surface area contributed by atoms with Crippen molar-refractivity contribution in [2.45, 2.75) is 6.18 Å². The maximum absolute atomic E-state index is 12.6. The molecule has 2 rings (SSSR count). The molecule has 2 aromatic rings. The van der Waals surface area contributed by atoms with E-state index >= 15 is 0 Å².